The Hall–Kier alpha value is -1.84. The van der Waals surface area contributed by atoms with Crippen LogP contribution in [0.1, 0.15) is 30.9 Å². The zero-order valence-corrected chi connectivity index (χ0v) is 9.43. The van der Waals surface area contributed by atoms with E-state index >= 15 is 0 Å². The van der Waals surface area contributed by atoms with Crippen molar-refractivity contribution in [2.24, 2.45) is 0 Å². The van der Waals surface area contributed by atoms with Crippen molar-refractivity contribution in [3.63, 3.8) is 0 Å². The number of nitrogens with one attached hydrogen (secondary N) is 1. The minimum atomic E-state index is -0.496. The molecule has 1 aliphatic carbocycles. The van der Waals surface area contributed by atoms with Crippen LogP contribution in [0.5, 0.6) is 0 Å². The van der Waals surface area contributed by atoms with Crippen LogP contribution in [0.25, 0.3) is 0 Å². The van der Waals surface area contributed by atoms with E-state index < -0.39 is 6.04 Å². The van der Waals surface area contributed by atoms with Gasteiger partial charge >= 0.3 is 6.03 Å². The first-order valence-corrected chi connectivity index (χ1v) is 5.96. The fraction of sp³-hybridized carbons (Fsp3) is 0.385. The minimum Gasteiger partial charge on any atom is -0.322 e. The van der Waals surface area contributed by atoms with E-state index in [0.717, 1.165) is 24.8 Å². The summed E-state index contributed by atoms with van der Waals surface area (Å²) in [6.07, 6.45) is 3.00. The standard InChI is InChI=1S/C13H14N2O2/c16-12-11(9-5-2-1-3-6-9)14-13(17)15(12)10-7-4-8-10/h1-3,5-6,10-11H,4,7-8H2,(H,14,17). The summed E-state index contributed by atoms with van der Waals surface area (Å²) in [5.41, 5.74) is 0.854. The van der Waals surface area contributed by atoms with Crippen LogP contribution in [0.4, 0.5) is 4.79 Å². The van der Waals surface area contributed by atoms with Gasteiger partial charge in [0.25, 0.3) is 5.91 Å². The summed E-state index contributed by atoms with van der Waals surface area (Å²) in [6, 6.07) is 8.77. The molecule has 3 amide bonds. The van der Waals surface area contributed by atoms with Crippen molar-refractivity contribution in [2.45, 2.75) is 31.3 Å². The highest BCUT2D eigenvalue weighted by molar-refractivity contribution is 6.05. The molecule has 0 bridgehead atoms. The third-order valence-corrected chi connectivity index (χ3v) is 3.54. The maximum atomic E-state index is 12.2. The molecule has 2 fully saturated rings. The molecule has 1 heterocycles. The van der Waals surface area contributed by atoms with Gasteiger partial charge in [-0.05, 0) is 24.8 Å². The Labute approximate surface area is 99.6 Å². The Morgan fingerprint density at radius 1 is 1.12 bits per heavy atom. The van der Waals surface area contributed by atoms with E-state index in [-0.39, 0.29) is 18.0 Å². The van der Waals surface area contributed by atoms with Gasteiger partial charge in [-0.25, -0.2) is 4.79 Å². The lowest BCUT2D eigenvalue weighted by molar-refractivity contribution is -0.130. The summed E-state index contributed by atoms with van der Waals surface area (Å²) in [5, 5.41) is 2.76. The summed E-state index contributed by atoms with van der Waals surface area (Å²) < 4.78 is 0. The van der Waals surface area contributed by atoms with Crippen molar-refractivity contribution in [1.29, 1.82) is 0 Å². The monoisotopic (exact) mass is 230 g/mol. The van der Waals surface area contributed by atoms with E-state index in [0.29, 0.717) is 0 Å². The third-order valence-electron chi connectivity index (χ3n) is 3.54. The van der Waals surface area contributed by atoms with E-state index in [4.69, 9.17) is 0 Å². The molecule has 1 unspecified atom stereocenters. The molecule has 1 aromatic rings. The van der Waals surface area contributed by atoms with E-state index in [9.17, 15) is 9.59 Å². The van der Waals surface area contributed by atoms with Crippen LogP contribution >= 0.6 is 0 Å². The SMILES string of the molecule is O=C1NC(c2ccccc2)C(=O)N1C1CCC1. The first-order chi connectivity index (χ1) is 8.27. The molecule has 1 saturated carbocycles. The normalized spacial score (nSPS) is 24.7. The zero-order valence-electron chi connectivity index (χ0n) is 9.43. The van der Waals surface area contributed by atoms with Crippen molar-refractivity contribution in [3.05, 3.63) is 35.9 Å². The first kappa shape index (κ1) is 10.3. The number of imide groups is 1. The lowest BCUT2D eigenvalue weighted by Crippen LogP contribution is -2.44. The van der Waals surface area contributed by atoms with Crippen LogP contribution in [0.3, 0.4) is 0 Å². The number of rotatable bonds is 2. The van der Waals surface area contributed by atoms with Gasteiger partial charge in [-0.2, -0.15) is 0 Å². The Morgan fingerprint density at radius 3 is 2.41 bits per heavy atom. The summed E-state index contributed by atoms with van der Waals surface area (Å²) in [7, 11) is 0. The Balaban J connectivity index is 1.85. The van der Waals surface area contributed by atoms with Gasteiger partial charge in [-0.3, -0.25) is 9.69 Å². The smallest absolute Gasteiger partial charge is 0.322 e. The maximum Gasteiger partial charge on any atom is 0.325 e. The topological polar surface area (TPSA) is 49.4 Å². The van der Waals surface area contributed by atoms with Gasteiger partial charge < -0.3 is 5.32 Å². The second-order valence-electron chi connectivity index (χ2n) is 4.59. The van der Waals surface area contributed by atoms with Gasteiger partial charge in [0, 0.05) is 6.04 Å². The van der Waals surface area contributed by atoms with Crippen molar-refractivity contribution >= 4 is 11.9 Å². The molecular weight excluding hydrogens is 216 g/mol. The highest BCUT2D eigenvalue weighted by Crippen LogP contribution is 2.31. The predicted molar refractivity (Wildman–Crippen MR) is 62.2 cm³/mol. The molecular formula is C13H14N2O2. The maximum absolute atomic E-state index is 12.2. The molecule has 3 rings (SSSR count). The summed E-state index contributed by atoms with van der Waals surface area (Å²) in [4.78, 5) is 25.4. The second kappa shape index (κ2) is 3.87. The van der Waals surface area contributed by atoms with Crippen LogP contribution < -0.4 is 5.32 Å². The third kappa shape index (κ3) is 1.60. The van der Waals surface area contributed by atoms with Gasteiger partial charge in [0.1, 0.15) is 6.04 Å². The van der Waals surface area contributed by atoms with Crippen molar-refractivity contribution in [3.8, 4) is 0 Å². The lowest BCUT2D eigenvalue weighted by Gasteiger charge is -2.32. The summed E-state index contributed by atoms with van der Waals surface area (Å²) in [5.74, 6) is -0.106. The average molecular weight is 230 g/mol. The fourth-order valence-corrected chi connectivity index (χ4v) is 2.36. The zero-order chi connectivity index (χ0) is 11.8. The Morgan fingerprint density at radius 2 is 1.82 bits per heavy atom. The molecule has 1 N–H and O–H groups in total. The molecule has 1 atom stereocenters. The highest BCUT2D eigenvalue weighted by atomic mass is 16.2. The van der Waals surface area contributed by atoms with Gasteiger partial charge in [0.2, 0.25) is 0 Å². The largest absolute Gasteiger partial charge is 0.325 e. The number of nitrogens with zero attached hydrogens (tertiary/aromatic N) is 1. The molecule has 4 nitrogen and oxygen atoms in total. The van der Waals surface area contributed by atoms with Gasteiger partial charge in [0.15, 0.2) is 0 Å². The van der Waals surface area contributed by atoms with Gasteiger partial charge in [-0.1, -0.05) is 30.3 Å². The van der Waals surface area contributed by atoms with Crippen molar-refractivity contribution < 1.29 is 9.59 Å². The average Bonchev–Trinajstić information content (AvgIpc) is 2.56. The Bertz CT molecular complexity index is 454. The molecule has 0 radical (unpaired) electrons. The van der Waals surface area contributed by atoms with E-state index in [2.05, 4.69) is 5.32 Å². The minimum absolute atomic E-state index is 0.106. The number of amides is 3. The van der Waals surface area contributed by atoms with E-state index in [1.54, 1.807) is 0 Å². The predicted octanol–water partition coefficient (Wildman–Crippen LogP) is 1.83. The number of urea groups is 1. The summed E-state index contributed by atoms with van der Waals surface area (Å²) >= 11 is 0. The van der Waals surface area contributed by atoms with Crippen LogP contribution in [0.15, 0.2) is 30.3 Å². The van der Waals surface area contributed by atoms with Crippen molar-refractivity contribution in [1.82, 2.24) is 10.2 Å². The Kier molecular flexibility index (Phi) is 2.35. The molecule has 2 aliphatic rings. The van der Waals surface area contributed by atoms with Gasteiger partial charge in [-0.15, -0.1) is 0 Å². The number of hydrogen-bond acceptors (Lipinski definition) is 2. The number of hydrogen-bond donors (Lipinski definition) is 1. The highest BCUT2D eigenvalue weighted by Gasteiger charge is 2.44. The quantitative estimate of drug-likeness (QED) is 0.788. The second-order valence-corrected chi connectivity index (χ2v) is 4.59. The molecule has 1 saturated heterocycles. The molecule has 88 valence electrons. The van der Waals surface area contributed by atoms with Crippen LogP contribution in [0.2, 0.25) is 0 Å². The van der Waals surface area contributed by atoms with Crippen LogP contribution in [-0.2, 0) is 4.79 Å². The molecule has 1 aliphatic heterocycles. The lowest BCUT2D eigenvalue weighted by atomic mass is 9.91. The van der Waals surface area contributed by atoms with E-state index in [1.807, 2.05) is 30.3 Å². The van der Waals surface area contributed by atoms with E-state index in [1.165, 1.54) is 4.90 Å². The molecule has 0 aromatic heterocycles. The number of carbonyl (C=O) groups is 2. The van der Waals surface area contributed by atoms with Gasteiger partial charge in [0.05, 0.1) is 0 Å². The first-order valence-electron chi connectivity index (χ1n) is 5.96. The molecule has 1 aromatic carbocycles. The van der Waals surface area contributed by atoms with Crippen LogP contribution in [0, 0.1) is 0 Å². The molecule has 0 spiro atoms. The van der Waals surface area contributed by atoms with Crippen LogP contribution in [-0.4, -0.2) is 22.9 Å². The fourth-order valence-electron chi connectivity index (χ4n) is 2.36. The number of carbonyl (C=O) groups excluding carboxylic acids is 2. The molecule has 4 heteroatoms. The molecule has 17 heavy (non-hydrogen) atoms. The summed E-state index contributed by atoms with van der Waals surface area (Å²) in [6.45, 7) is 0. The number of benzene rings is 1. The van der Waals surface area contributed by atoms with Crippen molar-refractivity contribution in [2.75, 3.05) is 0 Å².